The van der Waals surface area contributed by atoms with Gasteiger partial charge in [0, 0.05) is 6.42 Å². The predicted octanol–water partition coefficient (Wildman–Crippen LogP) is 1.45. The third-order valence-corrected chi connectivity index (χ3v) is 3.49. The smallest absolute Gasteiger partial charge is 0.323 e. The molecule has 0 heterocycles. The first-order valence-corrected chi connectivity index (χ1v) is 6.35. The largest absolute Gasteiger partial charge is 0.468 e. The van der Waals surface area contributed by atoms with E-state index in [0.717, 1.165) is 5.57 Å². The van der Waals surface area contributed by atoms with Gasteiger partial charge in [-0.15, -0.1) is 0 Å². The molecule has 0 aromatic heterocycles. The zero-order valence-corrected chi connectivity index (χ0v) is 11.9. The van der Waals surface area contributed by atoms with E-state index >= 15 is 0 Å². The minimum Gasteiger partial charge on any atom is -0.468 e. The summed E-state index contributed by atoms with van der Waals surface area (Å²) in [5, 5.41) is 9.97. The van der Waals surface area contributed by atoms with Crippen molar-refractivity contribution in [3.63, 3.8) is 0 Å². The number of rotatable bonds is 3. The van der Waals surface area contributed by atoms with Crippen LogP contribution in [0.3, 0.4) is 0 Å². The molecule has 1 rings (SSSR count). The molecule has 5 nitrogen and oxygen atoms in total. The van der Waals surface area contributed by atoms with Crippen LogP contribution in [0.15, 0.2) is 11.6 Å². The van der Waals surface area contributed by atoms with Gasteiger partial charge in [0.25, 0.3) is 0 Å². The van der Waals surface area contributed by atoms with Crippen molar-refractivity contribution >= 4 is 11.9 Å². The molecule has 1 fully saturated rings. The fourth-order valence-electron chi connectivity index (χ4n) is 2.86. The second-order valence-electron chi connectivity index (χ2n) is 5.37. The van der Waals surface area contributed by atoms with E-state index in [4.69, 9.17) is 9.47 Å². The van der Waals surface area contributed by atoms with E-state index in [-0.39, 0.29) is 12.3 Å². The second-order valence-corrected chi connectivity index (χ2v) is 5.37. The van der Waals surface area contributed by atoms with Crippen LogP contribution in [-0.2, 0) is 19.1 Å². The topological polar surface area (TPSA) is 72.8 Å². The van der Waals surface area contributed by atoms with Gasteiger partial charge in [0.2, 0.25) is 0 Å². The number of methoxy groups -OCH3 is 2. The summed E-state index contributed by atoms with van der Waals surface area (Å²) in [4.78, 5) is 24.0. The first-order chi connectivity index (χ1) is 8.85. The Kier molecular flexibility index (Phi) is 5.11. The Bertz CT molecular complexity index is 365. The van der Waals surface area contributed by atoms with Crippen LogP contribution in [0.1, 0.15) is 33.1 Å². The van der Waals surface area contributed by atoms with Crippen LogP contribution in [-0.4, -0.2) is 37.4 Å². The van der Waals surface area contributed by atoms with Gasteiger partial charge in [-0.2, -0.15) is 0 Å². The maximum Gasteiger partial charge on any atom is 0.323 e. The highest BCUT2D eigenvalue weighted by Crippen LogP contribution is 2.42. The van der Waals surface area contributed by atoms with Crippen molar-refractivity contribution in [1.29, 1.82) is 0 Å². The highest BCUT2D eigenvalue weighted by molar-refractivity contribution is 6.00. The fraction of sp³-hybridized carbons (Fsp3) is 0.714. The van der Waals surface area contributed by atoms with Crippen molar-refractivity contribution in [2.45, 2.75) is 39.2 Å². The Morgan fingerprint density at radius 2 is 1.68 bits per heavy atom. The highest BCUT2D eigenvalue weighted by Gasteiger charge is 2.53. The van der Waals surface area contributed by atoms with Crippen LogP contribution in [0.2, 0.25) is 0 Å². The second kappa shape index (κ2) is 6.19. The van der Waals surface area contributed by atoms with Crippen LogP contribution < -0.4 is 0 Å². The van der Waals surface area contributed by atoms with E-state index in [0.29, 0.717) is 12.8 Å². The number of aliphatic hydroxyl groups excluding tert-OH is 1. The van der Waals surface area contributed by atoms with Gasteiger partial charge >= 0.3 is 11.9 Å². The molecule has 0 bridgehead atoms. The van der Waals surface area contributed by atoms with Crippen LogP contribution in [0.5, 0.6) is 0 Å². The van der Waals surface area contributed by atoms with Crippen molar-refractivity contribution in [1.82, 2.24) is 0 Å². The molecule has 0 aliphatic heterocycles. The maximum absolute atomic E-state index is 12.0. The Balaban J connectivity index is 3.11. The minimum absolute atomic E-state index is 0.0352. The van der Waals surface area contributed by atoms with Gasteiger partial charge in [0.1, 0.15) is 0 Å². The number of ether oxygens (including phenoxy) is 2. The number of carbonyl (C=O) groups is 2. The van der Waals surface area contributed by atoms with Crippen molar-refractivity contribution in [2.24, 2.45) is 11.3 Å². The van der Waals surface area contributed by atoms with E-state index in [9.17, 15) is 14.7 Å². The Morgan fingerprint density at radius 1 is 1.16 bits per heavy atom. The van der Waals surface area contributed by atoms with Gasteiger partial charge in [-0.25, -0.2) is 0 Å². The van der Waals surface area contributed by atoms with Crippen molar-refractivity contribution in [3.8, 4) is 0 Å². The lowest BCUT2D eigenvalue weighted by molar-refractivity contribution is -0.176. The molecule has 1 N–H and O–H groups in total. The third kappa shape index (κ3) is 3.35. The molecular weight excluding hydrogens is 248 g/mol. The Hall–Kier alpha value is -1.36. The number of allylic oxidation sites excluding steroid dienone is 2. The summed E-state index contributed by atoms with van der Waals surface area (Å²) in [6.45, 7) is 3.89. The monoisotopic (exact) mass is 270 g/mol. The van der Waals surface area contributed by atoms with Gasteiger partial charge < -0.3 is 14.6 Å². The molecule has 0 aromatic rings. The van der Waals surface area contributed by atoms with E-state index in [2.05, 4.69) is 0 Å². The lowest BCUT2D eigenvalue weighted by atomic mass is 9.68. The van der Waals surface area contributed by atoms with Crippen molar-refractivity contribution < 1.29 is 24.2 Å². The molecule has 5 heteroatoms. The van der Waals surface area contributed by atoms with Crippen molar-refractivity contribution in [2.75, 3.05) is 14.2 Å². The molecule has 19 heavy (non-hydrogen) atoms. The van der Waals surface area contributed by atoms with E-state index in [1.54, 1.807) is 0 Å². The Morgan fingerprint density at radius 3 is 2.11 bits per heavy atom. The number of hydrogen-bond acceptors (Lipinski definition) is 5. The normalized spacial score (nSPS) is 25.3. The minimum atomic E-state index is -1.39. The van der Waals surface area contributed by atoms with Gasteiger partial charge in [-0.3, -0.25) is 9.59 Å². The first-order valence-electron chi connectivity index (χ1n) is 6.35. The molecule has 1 aliphatic rings. The summed E-state index contributed by atoms with van der Waals surface area (Å²) in [7, 11) is 2.48. The molecule has 0 amide bonds. The summed E-state index contributed by atoms with van der Waals surface area (Å²) >= 11 is 0. The van der Waals surface area contributed by atoms with Crippen LogP contribution in [0, 0.1) is 11.3 Å². The Labute approximate surface area is 113 Å². The molecule has 0 unspecified atom stereocenters. The fourth-order valence-corrected chi connectivity index (χ4v) is 2.86. The molecule has 2 atom stereocenters. The highest BCUT2D eigenvalue weighted by atomic mass is 16.5. The zero-order chi connectivity index (χ0) is 14.6. The van der Waals surface area contributed by atoms with E-state index in [1.165, 1.54) is 14.2 Å². The van der Waals surface area contributed by atoms with Crippen LogP contribution in [0.25, 0.3) is 0 Å². The quantitative estimate of drug-likeness (QED) is 0.477. The van der Waals surface area contributed by atoms with Crippen LogP contribution >= 0.6 is 0 Å². The molecule has 0 spiro atoms. The summed E-state index contributed by atoms with van der Waals surface area (Å²) in [5.41, 5.74) is -0.305. The SMILES string of the molecule is COC(=O)C1(C(=O)OC)C[C@@H](O)C[C@H](C=C(C)C)C1. The molecule has 1 saturated carbocycles. The molecule has 0 radical (unpaired) electrons. The van der Waals surface area contributed by atoms with Gasteiger partial charge in [-0.1, -0.05) is 11.6 Å². The maximum atomic E-state index is 12.0. The number of carbonyl (C=O) groups excluding carboxylic acids is 2. The lowest BCUT2D eigenvalue weighted by Crippen LogP contribution is -2.48. The van der Waals surface area contributed by atoms with Crippen molar-refractivity contribution in [3.05, 3.63) is 11.6 Å². The standard InChI is InChI=1S/C14H22O5/c1-9(2)5-10-6-11(15)8-14(7-10,12(16)18-3)13(17)19-4/h5,10-11,15H,6-8H2,1-4H3/t10-,11-/m0/s1. The zero-order valence-electron chi connectivity index (χ0n) is 11.9. The number of hydrogen-bond donors (Lipinski definition) is 1. The molecule has 108 valence electrons. The van der Waals surface area contributed by atoms with Gasteiger partial charge in [-0.05, 0) is 32.6 Å². The number of aliphatic hydroxyl groups is 1. The number of esters is 2. The average Bonchev–Trinajstić information content (AvgIpc) is 2.34. The molecule has 0 saturated heterocycles. The summed E-state index contributed by atoms with van der Waals surface area (Å²) in [5.74, 6) is -1.30. The first kappa shape index (κ1) is 15.7. The van der Waals surface area contributed by atoms with Gasteiger partial charge in [0.05, 0.1) is 20.3 Å². The molecule has 1 aliphatic carbocycles. The van der Waals surface area contributed by atoms with Gasteiger partial charge in [0.15, 0.2) is 5.41 Å². The summed E-state index contributed by atoms with van der Waals surface area (Å²) < 4.78 is 9.49. The summed E-state index contributed by atoms with van der Waals surface area (Å²) in [6, 6.07) is 0. The third-order valence-electron chi connectivity index (χ3n) is 3.49. The average molecular weight is 270 g/mol. The van der Waals surface area contributed by atoms with Crippen LogP contribution in [0.4, 0.5) is 0 Å². The summed E-state index contributed by atoms with van der Waals surface area (Å²) in [6.07, 6.45) is 2.17. The molecular formula is C14H22O5. The van der Waals surface area contributed by atoms with E-state index in [1.807, 2.05) is 19.9 Å². The lowest BCUT2D eigenvalue weighted by Gasteiger charge is -2.37. The van der Waals surface area contributed by atoms with E-state index < -0.39 is 23.5 Å². The molecule has 0 aromatic carbocycles. The predicted molar refractivity (Wildman–Crippen MR) is 69.2 cm³/mol.